The zero-order valence-corrected chi connectivity index (χ0v) is 11.3. The van der Waals surface area contributed by atoms with Crippen LogP contribution in [0, 0.1) is 11.3 Å². The molecule has 0 saturated carbocycles. The van der Waals surface area contributed by atoms with Crippen molar-refractivity contribution in [3.63, 3.8) is 0 Å². The van der Waals surface area contributed by atoms with Crippen LogP contribution in [0.15, 0.2) is 18.2 Å². The molecular formula is C14H18F3N3. The van der Waals surface area contributed by atoms with E-state index < -0.39 is 11.7 Å². The second kappa shape index (κ2) is 7.15. The predicted molar refractivity (Wildman–Crippen MR) is 72.1 cm³/mol. The lowest BCUT2D eigenvalue weighted by Crippen LogP contribution is -2.29. The number of alkyl halides is 3. The Morgan fingerprint density at radius 3 is 2.60 bits per heavy atom. The summed E-state index contributed by atoms with van der Waals surface area (Å²) >= 11 is 0. The molecule has 0 amide bonds. The molecule has 1 rings (SSSR count). The first-order chi connectivity index (χ1) is 9.42. The highest BCUT2D eigenvalue weighted by Gasteiger charge is 2.31. The van der Waals surface area contributed by atoms with E-state index in [0.29, 0.717) is 12.2 Å². The number of nitrogens with one attached hydrogen (secondary N) is 1. The van der Waals surface area contributed by atoms with Gasteiger partial charge >= 0.3 is 6.18 Å². The molecule has 0 radical (unpaired) electrons. The van der Waals surface area contributed by atoms with Gasteiger partial charge in [0.25, 0.3) is 0 Å². The topological polar surface area (TPSA) is 61.8 Å². The van der Waals surface area contributed by atoms with Gasteiger partial charge in [-0.05, 0) is 24.6 Å². The number of nitriles is 1. The van der Waals surface area contributed by atoms with Crippen molar-refractivity contribution in [1.29, 1.82) is 5.26 Å². The Bertz CT molecular complexity index is 478. The molecule has 0 fully saturated rings. The molecule has 0 aliphatic rings. The molecule has 0 saturated heterocycles. The van der Waals surface area contributed by atoms with Gasteiger partial charge in [-0.1, -0.05) is 19.8 Å². The maximum Gasteiger partial charge on any atom is 0.416 e. The average Bonchev–Trinajstić information content (AvgIpc) is 2.42. The van der Waals surface area contributed by atoms with Gasteiger partial charge in [0.05, 0.1) is 16.8 Å². The number of benzene rings is 1. The lowest BCUT2D eigenvalue weighted by molar-refractivity contribution is -0.137. The normalized spacial score (nSPS) is 12.8. The minimum atomic E-state index is -4.44. The van der Waals surface area contributed by atoms with Gasteiger partial charge in [0.15, 0.2) is 0 Å². The number of nitrogens with zero attached hydrogens (tertiary/aromatic N) is 1. The Kier molecular flexibility index (Phi) is 5.83. The monoisotopic (exact) mass is 285 g/mol. The van der Waals surface area contributed by atoms with Crippen molar-refractivity contribution in [2.75, 3.05) is 11.9 Å². The third-order valence-electron chi connectivity index (χ3n) is 3.02. The summed E-state index contributed by atoms with van der Waals surface area (Å²) in [6.07, 6.45) is -1.65. The molecule has 3 nitrogen and oxygen atoms in total. The molecule has 6 heteroatoms. The van der Waals surface area contributed by atoms with Crippen LogP contribution >= 0.6 is 0 Å². The lowest BCUT2D eigenvalue weighted by Gasteiger charge is -2.19. The zero-order chi connectivity index (χ0) is 15.2. The summed E-state index contributed by atoms with van der Waals surface area (Å²) in [4.78, 5) is 0. The molecular weight excluding hydrogens is 267 g/mol. The van der Waals surface area contributed by atoms with Gasteiger partial charge in [0.1, 0.15) is 6.07 Å². The Morgan fingerprint density at radius 2 is 2.10 bits per heavy atom. The minimum absolute atomic E-state index is 0.0187. The number of halogens is 3. The summed E-state index contributed by atoms with van der Waals surface area (Å²) in [5.41, 5.74) is 5.18. The number of unbranched alkanes of at least 4 members (excludes halogenated alkanes) is 1. The van der Waals surface area contributed by atoms with Gasteiger partial charge < -0.3 is 11.1 Å². The van der Waals surface area contributed by atoms with Crippen LogP contribution in [0.4, 0.5) is 18.9 Å². The number of anilines is 1. The fourth-order valence-corrected chi connectivity index (χ4v) is 1.86. The van der Waals surface area contributed by atoms with Crippen molar-refractivity contribution in [2.24, 2.45) is 5.73 Å². The molecule has 1 aromatic rings. The Balaban J connectivity index is 2.93. The quantitative estimate of drug-likeness (QED) is 0.840. The van der Waals surface area contributed by atoms with E-state index in [-0.39, 0.29) is 11.6 Å². The molecule has 20 heavy (non-hydrogen) atoms. The van der Waals surface area contributed by atoms with Gasteiger partial charge in [0.2, 0.25) is 0 Å². The van der Waals surface area contributed by atoms with E-state index in [2.05, 4.69) is 5.32 Å². The van der Waals surface area contributed by atoms with E-state index in [1.165, 1.54) is 6.07 Å². The molecule has 1 unspecified atom stereocenters. The minimum Gasteiger partial charge on any atom is -0.380 e. The van der Waals surface area contributed by atoms with Crippen molar-refractivity contribution in [3.05, 3.63) is 29.3 Å². The van der Waals surface area contributed by atoms with Crippen LogP contribution in [0.25, 0.3) is 0 Å². The third kappa shape index (κ3) is 4.42. The van der Waals surface area contributed by atoms with Crippen molar-refractivity contribution in [1.82, 2.24) is 0 Å². The van der Waals surface area contributed by atoms with Gasteiger partial charge in [0, 0.05) is 12.6 Å². The van der Waals surface area contributed by atoms with Gasteiger partial charge in [-0.15, -0.1) is 0 Å². The summed E-state index contributed by atoms with van der Waals surface area (Å²) in [6, 6.07) is 4.86. The second-order valence-electron chi connectivity index (χ2n) is 4.59. The number of nitrogens with two attached hydrogens (primary N) is 1. The zero-order valence-electron chi connectivity index (χ0n) is 11.3. The molecule has 1 atom stereocenters. The summed E-state index contributed by atoms with van der Waals surface area (Å²) in [5, 5.41) is 12.0. The maximum atomic E-state index is 12.6. The number of rotatable bonds is 6. The van der Waals surface area contributed by atoms with E-state index >= 15 is 0 Å². The second-order valence-corrected chi connectivity index (χ2v) is 4.59. The molecule has 110 valence electrons. The summed E-state index contributed by atoms with van der Waals surface area (Å²) in [5.74, 6) is 0. The van der Waals surface area contributed by atoms with Crippen molar-refractivity contribution in [2.45, 2.75) is 38.4 Å². The van der Waals surface area contributed by atoms with Crippen molar-refractivity contribution in [3.8, 4) is 6.07 Å². The van der Waals surface area contributed by atoms with Crippen molar-refractivity contribution < 1.29 is 13.2 Å². The van der Waals surface area contributed by atoms with E-state index in [1.807, 2.05) is 6.92 Å². The molecule has 0 aliphatic carbocycles. The Morgan fingerprint density at radius 1 is 1.40 bits per heavy atom. The lowest BCUT2D eigenvalue weighted by atomic mass is 10.1. The Labute approximate surface area is 116 Å². The van der Waals surface area contributed by atoms with Crippen LogP contribution in [0.2, 0.25) is 0 Å². The first-order valence-corrected chi connectivity index (χ1v) is 6.50. The van der Waals surface area contributed by atoms with Gasteiger partial charge in [-0.3, -0.25) is 0 Å². The van der Waals surface area contributed by atoms with Crippen LogP contribution < -0.4 is 11.1 Å². The smallest absolute Gasteiger partial charge is 0.380 e. The molecule has 0 bridgehead atoms. The molecule has 0 aromatic heterocycles. The fourth-order valence-electron chi connectivity index (χ4n) is 1.86. The maximum absolute atomic E-state index is 12.6. The van der Waals surface area contributed by atoms with Crippen LogP contribution in [0.5, 0.6) is 0 Å². The summed E-state index contributed by atoms with van der Waals surface area (Å²) in [6.45, 7) is 2.41. The average molecular weight is 285 g/mol. The van der Waals surface area contributed by atoms with Gasteiger partial charge in [-0.2, -0.15) is 18.4 Å². The largest absolute Gasteiger partial charge is 0.416 e. The van der Waals surface area contributed by atoms with Crippen LogP contribution in [0.3, 0.4) is 0 Å². The van der Waals surface area contributed by atoms with Crippen LogP contribution in [0.1, 0.15) is 37.3 Å². The Hall–Kier alpha value is -1.74. The van der Waals surface area contributed by atoms with Crippen LogP contribution in [-0.2, 0) is 6.18 Å². The molecule has 3 N–H and O–H groups in total. The summed E-state index contributed by atoms with van der Waals surface area (Å²) in [7, 11) is 0. The third-order valence-corrected chi connectivity index (χ3v) is 3.02. The first kappa shape index (κ1) is 16.3. The number of hydrogen-bond acceptors (Lipinski definition) is 3. The van der Waals surface area contributed by atoms with E-state index in [9.17, 15) is 13.2 Å². The molecule has 1 aromatic carbocycles. The number of hydrogen-bond donors (Lipinski definition) is 2. The molecule has 0 aliphatic heterocycles. The van der Waals surface area contributed by atoms with Crippen molar-refractivity contribution >= 4 is 5.69 Å². The summed E-state index contributed by atoms with van der Waals surface area (Å²) < 4.78 is 37.7. The highest BCUT2D eigenvalue weighted by molar-refractivity contribution is 5.59. The molecule has 0 heterocycles. The first-order valence-electron chi connectivity index (χ1n) is 6.50. The van der Waals surface area contributed by atoms with E-state index in [1.54, 1.807) is 6.07 Å². The standard InChI is InChI=1S/C14H18F3N3/c1-2-3-4-12(9-19)20-13-6-5-11(14(15,16)17)7-10(13)8-18/h5-7,12,20H,2-4,9,19H2,1H3. The highest BCUT2D eigenvalue weighted by Crippen LogP contribution is 2.31. The fraction of sp³-hybridized carbons (Fsp3) is 0.500. The molecule has 0 spiro atoms. The van der Waals surface area contributed by atoms with Gasteiger partial charge in [-0.25, -0.2) is 0 Å². The van der Waals surface area contributed by atoms with E-state index in [4.69, 9.17) is 11.0 Å². The van der Waals surface area contributed by atoms with Crippen LogP contribution in [-0.4, -0.2) is 12.6 Å². The SMILES string of the molecule is CCCCC(CN)Nc1ccc(C(F)(F)F)cc1C#N. The predicted octanol–water partition coefficient (Wildman–Crippen LogP) is 3.51. The van der Waals surface area contributed by atoms with E-state index in [0.717, 1.165) is 31.4 Å². The highest BCUT2D eigenvalue weighted by atomic mass is 19.4.